The molecule has 12 heteroatoms. The Morgan fingerprint density at radius 3 is 2.25 bits per heavy atom. The molecule has 1 heterocycles. The van der Waals surface area contributed by atoms with E-state index in [1.165, 1.54) is 34.1 Å². The molecule has 1 saturated heterocycles. The normalized spacial score (nSPS) is 14.9. The lowest BCUT2D eigenvalue weighted by atomic mass is 10.2. The van der Waals surface area contributed by atoms with Gasteiger partial charge in [0.15, 0.2) is 0 Å². The molecule has 3 rings (SSSR count). The van der Waals surface area contributed by atoms with Crippen molar-refractivity contribution in [2.45, 2.75) is 11.1 Å². The lowest BCUT2D eigenvalue weighted by Crippen LogP contribution is -2.51. The van der Waals surface area contributed by atoms with Crippen LogP contribution in [0, 0.1) is 0 Å². The molecule has 1 aliphatic heterocycles. The minimum Gasteiger partial charge on any atom is -0.342 e. The van der Waals surface area contributed by atoms with Gasteiger partial charge in [-0.15, -0.1) is 0 Å². The van der Waals surface area contributed by atoms with Gasteiger partial charge in [-0.25, -0.2) is 8.42 Å². The molecule has 2 aromatic carbocycles. The number of piperazine rings is 1. The second-order valence-electron chi connectivity index (χ2n) is 7.01. The second kappa shape index (κ2) is 9.37. The van der Waals surface area contributed by atoms with Gasteiger partial charge in [0.2, 0.25) is 12.3 Å². The van der Waals surface area contributed by atoms with Gasteiger partial charge in [-0.3, -0.25) is 13.9 Å². The summed E-state index contributed by atoms with van der Waals surface area (Å²) in [6, 6.07) is 9.78. The first-order valence-corrected chi connectivity index (χ1v) is 11.3. The van der Waals surface area contributed by atoms with Crippen LogP contribution in [0.1, 0.15) is 5.56 Å². The summed E-state index contributed by atoms with van der Waals surface area (Å²) in [6.07, 6.45) is -4.16. The standard InChI is InChI=1S/C20H19ClF3N3O4S/c21-18-7-6-15(12-17(18)20(22,23)24)27(32(30,31)16-4-2-1-3-5-16)13-19(29)26-10-8-25(14-28)9-11-26/h1-7,12,14H,8-11,13H2. The van der Waals surface area contributed by atoms with Crippen molar-refractivity contribution in [3.63, 3.8) is 0 Å². The van der Waals surface area contributed by atoms with Gasteiger partial charge in [-0.05, 0) is 30.3 Å². The van der Waals surface area contributed by atoms with Gasteiger partial charge in [-0.1, -0.05) is 29.8 Å². The summed E-state index contributed by atoms with van der Waals surface area (Å²) in [7, 11) is -4.37. The number of carbonyl (C=O) groups is 2. The molecular formula is C20H19ClF3N3O4S. The summed E-state index contributed by atoms with van der Waals surface area (Å²) in [5, 5.41) is -0.588. The van der Waals surface area contributed by atoms with E-state index in [1.807, 2.05) is 0 Å². The molecule has 0 N–H and O–H groups in total. The maximum atomic E-state index is 13.4. The minimum absolute atomic E-state index is 0.179. The lowest BCUT2D eigenvalue weighted by molar-refractivity contribution is -0.137. The first-order chi connectivity index (χ1) is 15.0. The molecule has 2 amide bonds. The largest absolute Gasteiger partial charge is 0.417 e. The van der Waals surface area contributed by atoms with E-state index in [-0.39, 0.29) is 36.8 Å². The van der Waals surface area contributed by atoms with Crippen LogP contribution in [0.25, 0.3) is 0 Å². The van der Waals surface area contributed by atoms with Gasteiger partial charge in [0.05, 0.1) is 21.2 Å². The summed E-state index contributed by atoms with van der Waals surface area (Å²) in [4.78, 5) is 26.4. The third-order valence-electron chi connectivity index (χ3n) is 4.97. The molecule has 0 aliphatic carbocycles. The SMILES string of the molecule is O=CN1CCN(C(=O)CN(c2ccc(Cl)c(C(F)(F)F)c2)S(=O)(=O)c2ccccc2)CC1. The monoisotopic (exact) mass is 489 g/mol. The maximum Gasteiger partial charge on any atom is 0.417 e. The Hall–Kier alpha value is -2.79. The molecule has 1 aliphatic rings. The van der Waals surface area contributed by atoms with Crippen LogP contribution in [0.4, 0.5) is 18.9 Å². The highest BCUT2D eigenvalue weighted by Gasteiger charge is 2.36. The van der Waals surface area contributed by atoms with Crippen molar-refractivity contribution < 1.29 is 31.2 Å². The van der Waals surface area contributed by atoms with Crippen molar-refractivity contribution in [3.8, 4) is 0 Å². The smallest absolute Gasteiger partial charge is 0.342 e. The number of nitrogens with zero attached hydrogens (tertiary/aromatic N) is 3. The van der Waals surface area contributed by atoms with Gasteiger partial charge in [0, 0.05) is 26.2 Å². The van der Waals surface area contributed by atoms with E-state index in [1.54, 1.807) is 6.07 Å². The highest BCUT2D eigenvalue weighted by Crippen LogP contribution is 2.38. The molecule has 32 heavy (non-hydrogen) atoms. The number of hydrogen-bond donors (Lipinski definition) is 0. The fraction of sp³-hybridized carbons (Fsp3) is 0.300. The fourth-order valence-electron chi connectivity index (χ4n) is 3.22. The molecule has 172 valence electrons. The van der Waals surface area contributed by atoms with E-state index < -0.39 is 39.2 Å². The highest BCUT2D eigenvalue weighted by atomic mass is 35.5. The number of anilines is 1. The Morgan fingerprint density at radius 1 is 1.06 bits per heavy atom. The molecule has 1 fully saturated rings. The summed E-state index contributed by atoms with van der Waals surface area (Å²) in [5.74, 6) is -0.599. The predicted octanol–water partition coefficient (Wildman–Crippen LogP) is 2.85. The number of amides is 2. The van der Waals surface area contributed by atoms with Gasteiger partial charge in [-0.2, -0.15) is 13.2 Å². The van der Waals surface area contributed by atoms with Crippen LogP contribution in [-0.2, 0) is 25.8 Å². The summed E-state index contributed by atoms with van der Waals surface area (Å²) in [5.41, 5.74) is -1.55. The molecule has 0 unspecified atom stereocenters. The zero-order chi connectivity index (χ0) is 23.5. The third kappa shape index (κ3) is 5.16. The van der Waals surface area contributed by atoms with Crippen LogP contribution in [-0.4, -0.2) is 63.3 Å². The van der Waals surface area contributed by atoms with E-state index in [2.05, 4.69) is 0 Å². The molecule has 0 bridgehead atoms. The number of sulfonamides is 1. The van der Waals surface area contributed by atoms with Crippen molar-refractivity contribution in [3.05, 3.63) is 59.1 Å². The van der Waals surface area contributed by atoms with E-state index in [9.17, 15) is 31.2 Å². The highest BCUT2D eigenvalue weighted by molar-refractivity contribution is 7.92. The van der Waals surface area contributed by atoms with Crippen molar-refractivity contribution in [2.24, 2.45) is 0 Å². The van der Waals surface area contributed by atoms with Crippen LogP contribution >= 0.6 is 11.6 Å². The summed E-state index contributed by atoms with van der Waals surface area (Å²) < 4.78 is 67.3. The van der Waals surface area contributed by atoms with Crippen molar-refractivity contribution in [2.75, 3.05) is 37.0 Å². The van der Waals surface area contributed by atoms with Crippen LogP contribution in [0.5, 0.6) is 0 Å². The average Bonchev–Trinajstić information content (AvgIpc) is 2.77. The number of benzene rings is 2. The minimum atomic E-state index is -4.82. The Labute approximate surface area is 188 Å². The molecule has 7 nitrogen and oxygen atoms in total. The van der Waals surface area contributed by atoms with E-state index in [0.29, 0.717) is 16.8 Å². The zero-order valence-electron chi connectivity index (χ0n) is 16.6. The fourth-order valence-corrected chi connectivity index (χ4v) is 4.87. The first kappa shape index (κ1) is 23.9. The van der Waals surface area contributed by atoms with Crippen molar-refractivity contribution in [1.29, 1.82) is 0 Å². The Kier molecular flexibility index (Phi) is 6.99. The average molecular weight is 490 g/mol. The number of rotatable bonds is 6. The zero-order valence-corrected chi connectivity index (χ0v) is 18.2. The molecule has 0 atom stereocenters. The van der Waals surface area contributed by atoms with Gasteiger partial charge < -0.3 is 9.80 Å². The quantitative estimate of drug-likeness (QED) is 0.585. The molecule has 0 saturated carbocycles. The molecule has 0 spiro atoms. The van der Waals surface area contributed by atoms with Crippen LogP contribution in [0.3, 0.4) is 0 Å². The Balaban J connectivity index is 2.00. The number of carbonyl (C=O) groups excluding carboxylic acids is 2. The Morgan fingerprint density at radius 2 is 1.69 bits per heavy atom. The van der Waals surface area contributed by atoms with Crippen molar-refractivity contribution in [1.82, 2.24) is 9.80 Å². The molecule has 0 radical (unpaired) electrons. The van der Waals surface area contributed by atoms with E-state index >= 15 is 0 Å². The summed E-state index contributed by atoms with van der Waals surface area (Å²) in [6.45, 7) is 0.216. The predicted molar refractivity (Wildman–Crippen MR) is 112 cm³/mol. The van der Waals surface area contributed by atoms with Crippen LogP contribution < -0.4 is 4.31 Å². The van der Waals surface area contributed by atoms with Crippen molar-refractivity contribution >= 4 is 39.6 Å². The molecule has 0 aromatic heterocycles. The van der Waals surface area contributed by atoms with Crippen LogP contribution in [0.2, 0.25) is 5.02 Å². The summed E-state index contributed by atoms with van der Waals surface area (Å²) >= 11 is 5.68. The lowest BCUT2D eigenvalue weighted by Gasteiger charge is -2.34. The Bertz CT molecular complexity index is 1090. The van der Waals surface area contributed by atoms with Gasteiger partial charge in [0.25, 0.3) is 10.0 Å². The second-order valence-corrected chi connectivity index (χ2v) is 9.28. The number of halogens is 4. The van der Waals surface area contributed by atoms with E-state index in [0.717, 1.165) is 12.1 Å². The topological polar surface area (TPSA) is 78.0 Å². The number of alkyl halides is 3. The third-order valence-corrected chi connectivity index (χ3v) is 7.09. The number of hydrogen-bond acceptors (Lipinski definition) is 4. The maximum absolute atomic E-state index is 13.4. The first-order valence-electron chi connectivity index (χ1n) is 9.45. The van der Waals surface area contributed by atoms with Gasteiger partial charge >= 0.3 is 6.18 Å². The molecular weight excluding hydrogens is 471 g/mol. The van der Waals surface area contributed by atoms with E-state index in [4.69, 9.17) is 11.6 Å². The van der Waals surface area contributed by atoms with Crippen LogP contribution in [0.15, 0.2) is 53.4 Å². The molecule has 2 aromatic rings. The van der Waals surface area contributed by atoms with Gasteiger partial charge in [0.1, 0.15) is 6.54 Å².